The van der Waals surface area contributed by atoms with E-state index in [9.17, 15) is 0 Å². The first kappa shape index (κ1) is 17.8. The van der Waals surface area contributed by atoms with Crippen LogP contribution in [-0.4, -0.2) is 6.26 Å². The molecular weight excluding hydrogens is 372 g/mol. The molecule has 0 fully saturated rings. The summed E-state index contributed by atoms with van der Waals surface area (Å²) in [5, 5.41) is 0. The van der Waals surface area contributed by atoms with Crippen LogP contribution in [-0.2, 0) is 0 Å². The zero-order chi connectivity index (χ0) is 14.0. The second-order valence-electron chi connectivity index (χ2n) is 2.96. The lowest BCUT2D eigenvalue weighted by atomic mass is 10.1. The topological polar surface area (TPSA) is 0 Å². The molecule has 2 aromatic carbocycles. The van der Waals surface area contributed by atoms with Crippen LogP contribution in [0.25, 0.3) is 11.1 Å². The zero-order valence-electron chi connectivity index (χ0n) is 10.8. The SMILES string of the molecule is Brc1ccccc1-c1ccccc1Br.CC.CS. The zero-order valence-corrected chi connectivity index (χ0v) is 14.9. The molecule has 0 heterocycles. The van der Waals surface area contributed by atoms with Crippen LogP contribution in [0.5, 0.6) is 0 Å². The van der Waals surface area contributed by atoms with Gasteiger partial charge in [0.2, 0.25) is 0 Å². The Labute approximate surface area is 132 Å². The highest BCUT2D eigenvalue weighted by atomic mass is 79.9. The summed E-state index contributed by atoms with van der Waals surface area (Å²) in [5.74, 6) is 0. The molecule has 0 unspecified atom stereocenters. The average molecular weight is 390 g/mol. The molecule has 0 aliphatic rings. The van der Waals surface area contributed by atoms with Gasteiger partial charge in [0.15, 0.2) is 0 Å². The maximum Gasteiger partial charge on any atom is 0.0254 e. The van der Waals surface area contributed by atoms with Gasteiger partial charge in [-0.05, 0) is 29.5 Å². The molecule has 0 saturated carbocycles. The van der Waals surface area contributed by atoms with Gasteiger partial charge in [0.1, 0.15) is 0 Å². The first-order chi connectivity index (χ1) is 8.79. The third-order valence-corrected chi connectivity index (χ3v) is 3.42. The molecule has 0 atom stereocenters. The van der Waals surface area contributed by atoms with Gasteiger partial charge in [-0.1, -0.05) is 82.1 Å². The van der Waals surface area contributed by atoms with E-state index in [1.165, 1.54) is 11.1 Å². The van der Waals surface area contributed by atoms with E-state index in [1.807, 2.05) is 38.1 Å². The van der Waals surface area contributed by atoms with Gasteiger partial charge >= 0.3 is 0 Å². The summed E-state index contributed by atoms with van der Waals surface area (Å²) in [6.07, 6.45) is 1.69. The third kappa shape index (κ3) is 5.17. The van der Waals surface area contributed by atoms with E-state index >= 15 is 0 Å². The van der Waals surface area contributed by atoms with Crippen molar-refractivity contribution in [2.45, 2.75) is 13.8 Å². The van der Waals surface area contributed by atoms with E-state index in [4.69, 9.17) is 0 Å². The molecule has 3 heteroatoms. The molecule has 0 amide bonds. The molecule has 2 rings (SSSR count). The Morgan fingerprint density at radius 3 is 1.22 bits per heavy atom. The van der Waals surface area contributed by atoms with Crippen molar-refractivity contribution in [3.63, 3.8) is 0 Å². The van der Waals surface area contributed by atoms with Crippen molar-refractivity contribution < 1.29 is 0 Å². The molecule has 0 radical (unpaired) electrons. The molecule has 2 aromatic rings. The Bertz CT molecular complexity index is 412. The molecule has 0 N–H and O–H groups in total. The molecule has 0 spiro atoms. The van der Waals surface area contributed by atoms with E-state index in [1.54, 1.807) is 6.26 Å². The summed E-state index contributed by atoms with van der Waals surface area (Å²) in [4.78, 5) is 0. The molecule has 0 aliphatic heterocycles. The summed E-state index contributed by atoms with van der Waals surface area (Å²) in [6, 6.07) is 16.4. The monoisotopic (exact) mass is 388 g/mol. The van der Waals surface area contributed by atoms with Crippen LogP contribution >= 0.6 is 44.5 Å². The Morgan fingerprint density at radius 1 is 0.667 bits per heavy atom. The molecule has 0 aromatic heterocycles. The van der Waals surface area contributed by atoms with E-state index < -0.39 is 0 Å². The highest BCUT2D eigenvalue weighted by molar-refractivity contribution is 9.11. The van der Waals surface area contributed by atoms with Gasteiger partial charge in [-0.2, -0.15) is 12.6 Å². The lowest BCUT2D eigenvalue weighted by Crippen LogP contribution is -1.80. The predicted octanol–water partition coefficient (Wildman–Crippen LogP) is 6.45. The minimum Gasteiger partial charge on any atom is -0.183 e. The second kappa shape index (κ2) is 10.7. The highest BCUT2D eigenvalue weighted by Gasteiger charge is 2.04. The van der Waals surface area contributed by atoms with Crippen molar-refractivity contribution in [2.75, 3.05) is 6.26 Å². The van der Waals surface area contributed by atoms with Gasteiger partial charge < -0.3 is 0 Å². The fraction of sp³-hybridized carbons (Fsp3) is 0.200. The van der Waals surface area contributed by atoms with E-state index in [0.717, 1.165) is 8.95 Å². The van der Waals surface area contributed by atoms with Gasteiger partial charge in [-0.3, -0.25) is 0 Å². The Hall–Kier alpha value is -0.250. The molecule has 18 heavy (non-hydrogen) atoms. The minimum atomic E-state index is 1.12. The van der Waals surface area contributed by atoms with Crippen LogP contribution in [0.3, 0.4) is 0 Å². The van der Waals surface area contributed by atoms with Gasteiger partial charge in [0.25, 0.3) is 0 Å². The molecule has 0 saturated heterocycles. The number of hydrogen-bond donors (Lipinski definition) is 1. The van der Waals surface area contributed by atoms with Crippen LogP contribution in [0, 0.1) is 0 Å². The molecule has 0 aliphatic carbocycles. The maximum absolute atomic E-state index is 3.55. The van der Waals surface area contributed by atoms with Crippen molar-refractivity contribution in [2.24, 2.45) is 0 Å². The summed E-state index contributed by atoms with van der Waals surface area (Å²) < 4.78 is 2.24. The molecular formula is C15H18Br2S. The molecule has 0 bridgehead atoms. The van der Waals surface area contributed by atoms with Crippen LogP contribution in [0.2, 0.25) is 0 Å². The normalized spacial score (nSPS) is 8.56. The first-order valence-electron chi connectivity index (χ1n) is 5.73. The lowest BCUT2D eigenvalue weighted by molar-refractivity contribution is 1.50. The van der Waals surface area contributed by atoms with Crippen LogP contribution in [0.15, 0.2) is 57.5 Å². The molecule has 98 valence electrons. The summed E-state index contributed by atoms with van der Waals surface area (Å²) in [5.41, 5.74) is 2.42. The molecule has 0 nitrogen and oxygen atoms in total. The summed E-state index contributed by atoms with van der Waals surface area (Å²) in [7, 11) is 0. The fourth-order valence-corrected chi connectivity index (χ4v) is 2.36. The Balaban J connectivity index is 0.000000659. The fourth-order valence-electron chi connectivity index (χ4n) is 1.36. The standard InChI is InChI=1S/C12H8Br2.C2H6.CH4S/c13-11-7-3-1-5-9(11)10-6-2-4-8-12(10)14;2*1-2/h1-8H;1-2H3;2H,1H3. The summed E-state index contributed by atoms with van der Waals surface area (Å²) >= 11 is 10.6. The summed E-state index contributed by atoms with van der Waals surface area (Å²) in [6.45, 7) is 4.00. The van der Waals surface area contributed by atoms with E-state index in [-0.39, 0.29) is 0 Å². The Kier molecular flexibility index (Phi) is 10.5. The average Bonchev–Trinajstić information content (AvgIpc) is 2.45. The second-order valence-corrected chi connectivity index (χ2v) is 4.67. The van der Waals surface area contributed by atoms with Crippen LogP contribution in [0.4, 0.5) is 0 Å². The van der Waals surface area contributed by atoms with Crippen molar-refractivity contribution in [3.05, 3.63) is 57.5 Å². The number of benzene rings is 2. The van der Waals surface area contributed by atoms with Crippen molar-refractivity contribution in [1.29, 1.82) is 0 Å². The lowest BCUT2D eigenvalue weighted by Gasteiger charge is -2.06. The first-order valence-corrected chi connectivity index (χ1v) is 8.21. The number of rotatable bonds is 1. The minimum absolute atomic E-state index is 1.12. The smallest absolute Gasteiger partial charge is 0.0254 e. The third-order valence-electron chi connectivity index (χ3n) is 2.04. The largest absolute Gasteiger partial charge is 0.183 e. The van der Waals surface area contributed by atoms with Crippen LogP contribution < -0.4 is 0 Å². The van der Waals surface area contributed by atoms with Crippen LogP contribution in [0.1, 0.15) is 13.8 Å². The van der Waals surface area contributed by atoms with Gasteiger partial charge in [-0.25, -0.2) is 0 Å². The number of hydrogen-bond acceptors (Lipinski definition) is 1. The highest BCUT2D eigenvalue weighted by Crippen LogP contribution is 2.32. The maximum atomic E-state index is 3.55. The van der Waals surface area contributed by atoms with Gasteiger partial charge in [0, 0.05) is 8.95 Å². The number of thiol groups is 1. The van der Waals surface area contributed by atoms with Gasteiger partial charge in [0.05, 0.1) is 0 Å². The van der Waals surface area contributed by atoms with Crippen molar-refractivity contribution in [3.8, 4) is 11.1 Å². The Morgan fingerprint density at radius 2 is 0.944 bits per heavy atom. The quantitative estimate of drug-likeness (QED) is 0.532. The number of halogens is 2. The van der Waals surface area contributed by atoms with E-state index in [2.05, 4.69) is 68.8 Å². The van der Waals surface area contributed by atoms with Crippen molar-refractivity contribution >= 4 is 44.5 Å². The van der Waals surface area contributed by atoms with Gasteiger partial charge in [-0.15, -0.1) is 0 Å². The van der Waals surface area contributed by atoms with Crippen molar-refractivity contribution in [1.82, 2.24) is 0 Å². The predicted molar refractivity (Wildman–Crippen MR) is 93.5 cm³/mol. The van der Waals surface area contributed by atoms with E-state index in [0.29, 0.717) is 0 Å².